The first kappa shape index (κ1) is 19.6. The Kier molecular flexibility index (Phi) is 5.41. The van der Waals surface area contributed by atoms with E-state index in [0.29, 0.717) is 5.75 Å². The van der Waals surface area contributed by atoms with Crippen LogP contribution >= 0.6 is 0 Å². The Morgan fingerprint density at radius 2 is 1.70 bits per heavy atom. The fourth-order valence-corrected chi connectivity index (χ4v) is 4.06. The van der Waals surface area contributed by atoms with Gasteiger partial charge in [0.2, 0.25) is 11.8 Å². The second-order valence-corrected chi connectivity index (χ2v) is 8.78. The summed E-state index contributed by atoms with van der Waals surface area (Å²) in [5.74, 6) is -0.451. The molecule has 1 saturated heterocycles. The van der Waals surface area contributed by atoms with E-state index in [2.05, 4.69) is 20.8 Å². The number of fused-ring (bicyclic) bond motifs is 1. The number of hydrogen-bond acceptors (Lipinski definition) is 4. The zero-order valence-electron chi connectivity index (χ0n) is 16.7. The number of benzene rings is 1. The van der Waals surface area contributed by atoms with E-state index in [1.54, 1.807) is 0 Å². The molecule has 1 aromatic carbocycles. The minimum Gasteiger partial charge on any atom is -0.426 e. The number of rotatable bonds is 4. The fourth-order valence-electron chi connectivity index (χ4n) is 4.06. The van der Waals surface area contributed by atoms with Gasteiger partial charge in [0.1, 0.15) is 5.75 Å². The summed E-state index contributed by atoms with van der Waals surface area (Å²) in [5.41, 5.74) is 2.10. The highest BCUT2D eigenvalue weighted by Crippen LogP contribution is 2.38. The number of likely N-dealkylation sites (tertiary alicyclic amines) is 1. The number of esters is 1. The molecule has 2 aliphatic rings. The Balaban J connectivity index is 1.59. The molecule has 27 heavy (non-hydrogen) atoms. The van der Waals surface area contributed by atoms with E-state index < -0.39 is 5.97 Å². The van der Waals surface area contributed by atoms with Gasteiger partial charge in [-0.1, -0.05) is 45.7 Å². The summed E-state index contributed by atoms with van der Waals surface area (Å²) in [7, 11) is 0. The summed E-state index contributed by atoms with van der Waals surface area (Å²) in [6.45, 7) is 8.43. The molecule has 146 valence electrons. The van der Waals surface area contributed by atoms with Gasteiger partial charge in [-0.2, -0.15) is 0 Å². The molecule has 0 radical (unpaired) electrons. The second-order valence-electron chi connectivity index (χ2n) is 8.78. The van der Waals surface area contributed by atoms with Crippen LogP contribution in [0.25, 0.3) is 0 Å². The van der Waals surface area contributed by atoms with Crippen LogP contribution in [0.4, 0.5) is 0 Å². The molecule has 1 aromatic rings. The van der Waals surface area contributed by atoms with Gasteiger partial charge in [0.15, 0.2) is 0 Å². The third-order valence-corrected chi connectivity index (χ3v) is 5.74. The minimum atomic E-state index is -0.419. The van der Waals surface area contributed by atoms with E-state index in [0.717, 1.165) is 31.2 Å². The first-order chi connectivity index (χ1) is 12.7. The van der Waals surface area contributed by atoms with Crippen LogP contribution in [0.1, 0.15) is 64.0 Å². The highest BCUT2D eigenvalue weighted by molar-refractivity contribution is 6.05. The SMILES string of the molecule is Cc1cc(C(C)(C)C)ccc1OC(=O)CCN1C(=O)[C@H]2CCCC[C@@H]2C1=O. The van der Waals surface area contributed by atoms with Gasteiger partial charge in [-0.25, -0.2) is 0 Å². The highest BCUT2D eigenvalue weighted by atomic mass is 16.5. The number of ether oxygens (including phenoxy) is 1. The van der Waals surface area contributed by atoms with E-state index in [9.17, 15) is 14.4 Å². The highest BCUT2D eigenvalue weighted by Gasteiger charge is 2.47. The smallest absolute Gasteiger partial charge is 0.313 e. The zero-order chi connectivity index (χ0) is 19.8. The van der Waals surface area contributed by atoms with Gasteiger partial charge in [0.25, 0.3) is 0 Å². The number of imide groups is 1. The minimum absolute atomic E-state index is 0.0252. The van der Waals surface area contributed by atoms with Gasteiger partial charge < -0.3 is 4.74 Å². The lowest BCUT2D eigenvalue weighted by atomic mass is 9.81. The topological polar surface area (TPSA) is 63.7 Å². The van der Waals surface area contributed by atoms with Crippen LogP contribution in [-0.2, 0) is 19.8 Å². The molecule has 2 atom stereocenters. The molecule has 0 unspecified atom stereocenters. The van der Waals surface area contributed by atoms with Crippen molar-refractivity contribution >= 4 is 17.8 Å². The Morgan fingerprint density at radius 3 is 2.22 bits per heavy atom. The molecule has 5 heteroatoms. The average Bonchev–Trinajstić information content (AvgIpc) is 2.85. The fraction of sp³-hybridized carbons (Fsp3) is 0.591. The van der Waals surface area contributed by atoms with E-state index in [1.807, 2.05) is 25.1 Å². The molecule has 0 spiro atoms. The summed E-state index contributed by atoms with van der Waals surface area (Å²) < 4.78 is 5.47. The lowest BCUT2D eigenvalue weighted by Crippen LogP contribution is -2.33. The van der Waals surface area contributed by atoms with Crippen LogP contribution in [0.3, 0.4) is 0 Å². The Morgan fingerprint density at radius 1 is 1.11 bits per heavy atom. The van der Waals surface area contributed by atoms with Gasteiger partial charge in [-0.05, 0) is 42.4 Å². The first-order valence-electron chi connectivity index (χ1n) is 9.85. The summed E-state index contributed by atoms with van der Waals surface area (Å²) in [6.07, 6.45) is 3.60. The first-order valence-corrected chi connectivity index (χ1v) is 9.85. The lowest BCUT2D eigenvalue weighted by molar-refractivity contribution is -0.141. The van der Waals surface area contributed by atoms with Crippen LogP contribution in [0.15, 0.2) is 18.2 Å². The molecule has 5 nitrogen and oxygen atoms in total. The molecule has 1 aliphatic heterocycles. The zero-order valence-corrected chi connectivity index (χ0v) is 16.7. The van der Waals surface area contributed by atoms with Gasteiger partial charge in [-0.3, -0.25) is 19.3 Å². The van der Waals surface area contributed by atoms with Gasteiger partial charge in [0.05, 0.1) is 18.3 Å². The van der Waals surface area contributed by atoms with Crippen molar-refractivity contribution in [2.24, 2.45) is 11.8 Å². The van der Waals surface area contributed by atoms with E-state index in [1.165, 1.54) is 10.5 Å². The third kappa shape index (κ3) is 4.07. The van der Waals surface area contributed by atoms with Crippen molar-refractivity contribution in [1.82, 2.24) is 4.90 Å². The summed E-state index contributed by atoms with van der Waals surface area (Å²) >= 11 is 0. The lowest BCUT2D eigenvalue weighted by Gasteiger charge is -2.20. The summed E-state index contributed by atoms with van der Waals surface area (Å²) in [4.78, 5) is 38.5. The molecule has 1 heterocycles. The molecular weight excluding hydrogens is 342 g/mol. The number of aryl methyl sites for hydroxylation is 1. The molecule has 2 fully saturated rings. The van der Waals surface area contributed by atoms with Gasteiger partial charge >= 0.3 is 5.97 Å². The number of carbonyl (C=O) groups excluding carboxylic acids is 3. The molecule has 0 N–H and O–H groups in total. The molecule has 0 bridgehead atoms. The number of carbonyl (C=O) groups is 3. The Bertz CT molecular complexity index is 738. The predicted octanol–water partition coefficient (Wildman–Crippen LogP) is 3.76. The van der Waals surface area contributed by atoms with Crippen LogP contribution in [0.5, 0.6) is 5.75 Å². The molecule has 2 amide bonds. The number of hydrogen-bond donors (Lipinski definition) is 0. The Labute approximate surface area is 161 Å². The van der Waals surface area contributed by atoms with Crippen molar-refractivity contribution in [3.63, 3.8) is 0 Å². The monoisotopic (exact) mass is 371 g/mol. The van der Waals surface area contributed by atoms with Crippen molar-refractivity contribution in [3.05, 3.63) is 29.3 Å². The normalized spacial score (nSPS) is 22.7. The van der Waals surface area contributed by atoms with Gasteiger partial charge in [0, 0.05) is 6.54 Å². The molecule has 1 aliphatic carbocycles. The van der Waals surface area contributed by atoms with Crippen molar-refractivity contribution in [3.8, 4) is 5.75 Å². The van der Waals surface area contributed by atoms with Crippen LogP contribution in [0.2, 0.25) is 0 Å². The molecule has 0 aromatic heterocycles. The molecule has 3 rings (SSSR count). The van der Waals surface area contributed by atoms with Crippen LogP contribution in [-0.4, -0.2) is 29.2 Å². The maximum atomic E-state index is 12.5. The summed E-state index contributed by atoms with van der Waals surface area (Å²) in [5, 5.41) is 0. The van der Waals surface area contributed by atoms with Crippen molar-refractivity contribution in [2.45, 2.75) is 65.2 Å². The standard InChI is InChI=1S/C22H29NO4/c1-14-13-15(22(2,3)4)9-10-18(14)27-19(24)11-12-23-20(25)16-7-5-6-8-17(16)21(23)26/h9-10,13,16-17H,5-8,11-12H2,1-4H3/t16-,17-/m0/s1. The van der Waals surface area contributed by atoms with E-state index >= 15 is 0 Å². The summed E-state index contributed by atoms with van der Waals surface area (Å²) in [6, 6.07) is 5.81. The number of nitrogens with zero attached hydrogens (tertiary/aromatic N) is 1. The largest absolute Gasteiger partial charge is 0.426 e. The quantitative estimate of drug-likeness (QED) is 0.459. The van der Waals surface area contributed by atoms with E-state index in [4.69, 9.17) is 4.74 Å². The predicted molar refractivity (Wildman–Crippen MR) is 102 cm³/mol. The molecule has 1 saturated carbocycles. The van der Waals surface area contributed by atoms with Crippen molar-refractivity contribution in [1.29, 1.82) is 0 Å². The Hall–Kier alpha value is -2.17. The van der Waals surface area contributed by atoms with Gasteiger partial charge in [-0.15, -0.1) is 0 Å². The maximum Gasteiger partial charge on any atom is 0.313 e. The molecular formula is C22H29NO4. The van der Waals surface area contributed by atoms with E-state index in [-0.39, 0.29) is 42.0 Å². The van der Waals surface area contributed by atoms with Crippen molar-refractivity contribution in [2.75, 3.05) is 6.54 Å². The van der Waals surface area contributed by atoms with Crippen molar-refractivity contribution < 1.29 is 19.1 Å². The van der Waals surface area contributed by atoms with Crippen LogP contribution in [0, 0.1) is 18.8 Å². The average molecular weight is 371 g/mol. The third-order valence-electron chi connectivity index (χ3n) is 5.74. The maximum absolute atomic E-state index is 12.5. The second kappa shape index (κ2) is 7.45. The van der Waals surface area contributed by atoms with Crippen LogP contribution < -0.4 is 4.74 Å². The number of amides is 2.